The summed E-state index contributed by atoms with van der Waals surface area (Å²) in [6.45, 7) is 4.30. The molecule has 214 valence electrons. The number of fused-ring (bicyclic) bond motifs is 1. The van der Waals surface area contributed by atoms with Crippen LogP contribution in [-0.4, -0.2) is 48.2 Å². The largest absolute Gasteiger partial charge is 0.487 e. The molecule has 0 saturated carbocycles. The highest BCUT2D eigenvalue weighted by molar-refractivity contribution is 7.89. The maximum absolute atomic E-state index is 13.6. The highest BCUT2D eigenvalue weighted by atomic mass is 35.5. The Labute approximate surface area is 249 Å². The summed E-state index contributed by atoms with van der Waals surface area (Å²) in [6.07, 6.45) is 4.52. The Morgan fingerprint density at radius 2 is 1.90 bits per heavy atom. The number of nitrogens with one attached hydrogen (secondary N) is 1. The number of sulfonamides is 1. The minimum Gasteiger partial charge on any atom is -0.487 e. The average molecular weight is 614 g/mol. The first-order valence-corrected chi connectivity index (χ1v) is 15.5. The molecule has 5 rings (SSSR count). The summed E-state index contributed by atoms with van der Waals surface area (Å²) in [5.74, 6) is 0.332. The zero-order chi connectivity index (χ0) is 29.3. The van der Waals surface area contributed by atoms with E-state index in [4.69, 9.17) is 32.9 Å². The van der Waals surface area contributed by atoms with Gasteiger partial charge in [-0.15, -0.1) is 0 Å². The summed E-state index contributed by atoms with van der Waals surface area (Å²) >= 11 is 13.2. The van der Waals surface area contributed by atoms with Gasteiger partial charge in [-0.1, -0.05) is 49.2 Å². The zero-order valence-corrected chi connectivity index (χ0v) is 25.2. The molecule has 1 aliphatic rings. The molecular weight excluding hydrogens is 583 g/mol. The molecule has 1 fully saturated rings. The number of carbonyl (C=O) groups is 1. The lowest BCUT2D eigenvalue weighted by molar-refractivity contribution is -0.123. The van der Waals surface area contributed by atoms with Gasteiger partial charge in [0, 0.05) is 47.7 Å². The molecule has 1 atom stereocenters. The molecule has 0 unspecified atom stereocenters. The van der Waals surface area contributed by atoms with Crippen LogP contribution in [0, 0.1) is 0 Å². The Bertz CT molecular complexity index is 1720. The number of likely N-dealkylation sites (N-methyl/N-ethyl adjacent to an activating group) is 1. The summed E-state index contributed by atoms with van der Waals surface area (Å²) in [7, 11) is -2.58. The summed E-state index contributed by atoms with van der Waals surface area (Å²) in [4.78, 5) is 21.3. The van der Waals surface area contributed by atoms with Gasteiger partial charge in [0.25, 0.3) is 0 Å². The number of rotatable bonds is 8. The van der Waals surface area contributed by atoms with Crippen LogP contribution in [0.2, 0.25) is 10.0 Å². The van der Waals surface area contributed by atoms with Crippen LogP contribution in [0.25, 0.3) is 22.0 Å². The number of hydrogen-bond acceptors (Lipinski definition) is 6. The predicted molar refractivity (Wildman–Crippen MR) is 161 cm³/mol. The van der Waals surface area contributed by atoms with Crippen molar-refractivity contribution in [2.24, 2.45) is 0 Å². The number of amides is 1. The number of benzene rings is 2. The number of para-hydroxylation sites is 1. The standard InChI is InChI=1S/C30H30Cl2N4O4S/c1-18(2)24-16-21(19-11-13-34-14-12-19)20-6-4-8-26(29(20)35-24)40-17-22-23(31)9-10-27(28(22)32)41(38,39)36-15-5-7-25(36)30(37)33-3/h4,6,8-14,16,18,25H,5,7,15,17H2,1-3H3,(H,33,37)/t25-/m0/s1. The molecule has 2 aromatic carbocycles. The summed E-state index contributed by atoms with van der Waals surface area (Å²) < 4.78 is 34.7. The van der Waals surface area contributed by atoms with Gasteiger partial charge in [0.2, 0.25) is 15.9 Å². The molecule has 0 aliphatic carbocycles. The molecule has 11 heteroatoms. The third-order valence-corrected chi connectivity index (χ3v) is 10.1. The highest BCUT2D eigenvalue weighted by Gasteiger charge is 2.40. The number of nitrogens with zero attached hydrogens (tertiary/aromatic N) is 3. The minimum absolute atomic E-state index is 0.0337. The average Bonchev–Trinajstić information content (AvgIpc) is 3.48. The van der Waals surface area contributed by atoms with Crippen molar-refractivity contribution >= 4 is 50.0 Å². The van der Waals surface area contributed by atoms with E-state index < -0.39 is 16.1 Å². The first-order chi connectivity index (χ1) is 19.6. The number of ether oxygens (including phenoxy) is 1. The third-order valence-electron chi connectivity index (χ3n) is 7.27. The SMILES string of the molecule is CNC(=O)[C@@H]1CCCN1S(=O)(=O)c1ccc(Cl)c(COc2cccc3c(-c4ccncc4)cc(C(C)C)nc23)c1Cl. The van der Waals surface area contributed by atoms with Crippen molar-refractivity contribution in [2.75, 3.05) is 13.6 Å². The number of hydrogen-bond donors (Lipinski definition) is 1. The minimum atomic E-state index is -4.07. The fraction of sp³-hybridized carbons (Fsp3) is 0.300. The smallest absolute Gasteiger partial charge is 0.245 e. The van der Waals surface area contributed by atoms with E-state index in [1.165, 1.54) is 23.5 Å². The third kappa shape index (κ3) is 5.64. The number of aromatic nitrogens is 2. The van der Waals surface area contributed by atoms with Crippen molar-refractivity contribution < 1.29 is 17.9 Å². The van der Waals surface area contributed by atoms with E-state index in [1.807, 2.05) is 30.3 Å². The fourth-order valence-electron chi connectivity index (χ4n) is 5.06. The second kappa shape index (κ2) is 11.9. The molecule has 41 heavy (non-hydrogen) atoms. The molecule has 1 saturated heterocycles. The highest BCUT2D eigenvalue weighted by Crippen LogP contribution is 2.38. The Hall–Kier alpha value is -3.24. The number of pyridine rings is 2. The van der Waals surface area contributed by atoms with Gasteiger partial charge in [-0.25, -0.2) is 13.4 Å². The van der Waals surface area contributed by atoms with Crippen LogP contribution in [0.4, 0.5) is 0 Å². The van der Waals surface area contributed by atoms with Gasteiger partial charge >= 0.3 is 0 Å². The van der Waals surface area contributed by atoms with Crippen molar-refractivity contribution in [3.63, 3.8) is 0 Å². The molecular formula is C30H30Cl2N4O4S. The Morgan fingerprint density at radius 3 is 2.61 bits per heavy atom. The Kier molecular flexibility index (Phi) is 8.52. The lowest BCUT2D eigenvalue weighted by atomic mass is 9.98. The molecule has 8 nitrogen and oxygen atoms in total. The number of halogens is 2. The topological polar surface area (TPSA) is 101 Å². The van der Waals surface area contributed by atoms with Crippen LogP contribution in [0.15, 0.2) is 65.8 Å². The van der Waals surface area contributed by atoms with Crippen LogP contribution < -0.4 is 10.1 Å². The molecule has 1 N–H and O–H groups in total. The van der Waals surface area contributed by atoms with Crippen LogP contribution in [-0.2, 0) is 21.4 Å². The van der Waals surface area contributed by atoms with E-state index in [0.717, 1.165) is 22.2 Å². The van der Waals surface area contributed by atoms with E-state index in [9.17, 15) is 13.2 Å². The van der Waals surface area contributed by atoms with Gasteiger partial charge in [0.05, 0.1) is 5.02 Å². The van der Waals surface area contributed by atoms with Gasteiger partial charge in [0.15, 0.2) is 0 Å². The predicted octanol–water partition coefficient (Wildman–Crippen LogP) is 6.21. The first-order valence-electron chi connectivity index (χ1n) is 13.3. The number of carbonyl (C=O) groups excluding carboxylic acids is 1. The Balaban J connectivity index is 1.52. The van der Waals surface area contributed by atoms with Crippen molar-refractivity contribution in [2.45, 2.75) is 50.2 Å². The molecule has 1 amide bonds. The molecule has 2 aromatic heterocycles. The molecule has 0 radical (unpaired) electrons. The van der Waals surface area contributed by atoms with E-state index in [2.05, 4.69) is 30.2 Å². The van der Waals surface area contributed by atoms with Gasteiger partial charge in [-0.05, 0) is 66.3 Å². The molecule has 3 heterocycles. The van der Waals surface area contributed by atoms with Crippen molar-refractivity contribution in [1.82, 2.24) is 19.6 Å². The van der Waals surface area contributed by atoms with Crippen molar-refractivity contribution in [1.29, 1.82) is 0 Å². The van der Waals surface area contributed by atoms with Crippen LogP contribution >= 0.6 is 23.2 Å². The molecule has 1 aliphatic heterocycles. The van der Waals surface area contributed by atoms with E-state index in [1.54, 1.807) is 12.4 Å². The lowest BCUT2D eigenvalue weighted by Gasteiger charge is -2.24. The quantitative estimate of drug-likeness (QED) is 0.254. The maximum Gasteiger partial charge on any atom is 0.245 e. The molecule has 0 spiro atoms. The first kappa shape index (κ1) is 29.3. The zero-order valence-electron chi connectivity index (χ0n) is 22.9. The van der Waals surface area contributed by atoms with Gasteiger partial charge in [0.1, 0.15) is 28.8 Å². The Morgan fingerprint density at radius 1 is 1.15 bits per heavy atom. The summed E-state index contributed by atoms with van der Waals surface area (Å²) in [5.41, 5.74) is 3.92. The molecule has 0 bridgehead atoms. The second-order valence-corrected chi connectivity index (χ2v) is 12.8. The van der Waals surface area contributed by atoms with Crippen LogP contribution in [0.5, 0.6) is 5.75 Å². The lowest BCUT2D eigenvalue weighted by Crippen LogP contribution is -2.44. The van der Waals surface area contributed by atoms with Gasteiger partial charge in [-0.3, -0.25) is 9.78 Å². The van der Waals surface area contributed by atoms with E-state index in [0.29, 0.717) is 29.7 Å². The van der Waals surface area contributed by atoms with Gasteiger partial charge < -0.3 is 10.1 Å². The van der Waals surface area contributed by atoms with Crippen LogP contribution in [0.1, 0.15) is 43.9 Å². The van der Waals surface area contributed by atoms with Crippen LogP contribution in [0.3, 0.4) is 0 Å². The summed E-state index contributed by atoms with van der Waals surface area (Å²) in [6, 6.07) is 13.7. The van der Waals surface area contributed by atoms with E-state index in [-0.39, 0.29) is 39.9 Å². The molecule has 4 aromatic rings. The van der Waals surface area contributed by atoms with Crippen molar-refractivity contribution in [3.05, 3.63) is 82.2 Å². The monoisotopic (exact) mass is 612 g/mol. The van der Waals surface area contributed by atoms with E-state index >= 15 is 0 Å². The second-order valence-electron chi connectivity index (χ2n) is 10.2. The normalized spacial score (nSPS) is 15.9. The summed E-state index contributed by atoms with van der Waals surface area (Å²) in [5, 5.41) is 3.69. The van der Waals surface area contributed by atoms with Crippen molar-refractivity contribution in [3.8, 4) is 16.9 Å². The maximum atomic E-state index is 13.6. The van der Waals surface area contributed by atoms with Gasteiger partial charge in [-0.2, -0.15) is 4.31 Å². The fourth-order valence-corrected chi connectivity index (χ4v) is 7.59.